The van der Waals surface area contributed by atoms with Gasteiger partial charge >= 0.3 is 0 Å². The number of sulfonamides is 1. The highest BCUT2D eigenvalue weighted by atomic mass is 35.5. The number of aromatic nitrogens is 2. The molecule has 0 radical (unpaired) electrons. The van der Waals surface area contributed by atoms with Crippen LogP contribution in [0.15, 0.2) is 66.1 Å². The predicted octanol–water partition coefficient (Wildman–Crippen LogP) is 4.08. The Hall–Kier alpha value is -2.68. The number of imidazole rings is 1. The van der Waals surface area contributed by atoms with E-state index in [9.17, 15) is 13.2 Å². The maximum absolute atomic E-state index is 13.2. The first-order valence-electron chi connectivity index (χ1n) is 11.0. The fourth-order valence-corrected chi connectivity index (χ4v) is 5.92. The second-order valence-electron chi connectivity index (χ2n) is 8.20. The molecule has 174 valence electrons. The van der Waals surface area contributed by atoms with E-state index in [1.165, 1.54) is 16.4 Å². The van der Waals surface area contributed by atoms with Gasteiger partial charge in [-0.15, -0.1) is 0 Å². The van der Waals surface area contributed by atoms with Gasteiger partial charge in [0.1, 0.15) is 4.90 Å². The summed E-state index contributed by atoms with van der Waals surface area (Å²) < 4.78 is 29.8. The van der Waals surface area contributed by atoms with Crippen molar-refractivity contribution in [3.8, 4) is 0 Å². The average molecular weight is 487 g/mol. The summed E-state index contributed by atoms with van der Waals surface area (Å²) in [6, 6.07) is 12.4. The zero-order valence-electron chi connectivity index (χ0n) is 18.3. The first-order valence-corrected chi connectivity index (χ1v) is 12.9. The minimum absolute atomic E-state index is 0.0115. The van der Waals surface area contributed by atoms with Gasteiger partial charge in [0.2, 0.25) is 10.0 Å². The maximum Gasteiger partial charge on any atom is 0.251 e. The molecule has 1 amide bonds. The molecule has 1 aromatic heterocycles. The molecule has 0 spiro atoms. The number of carbonyl (C=O) groups is 1. The molecular weight excluding hydrogens is 460 g/mol. The molecule has 33 heavy (non-hydrogen) atoms. The predicted molar refractivity (Wildman–Crippen MR) is 128 cm³/mol. The van der Waals surface area contributed by atoms with Crippen LogP contribution in [-0.2, 0) is 23.1 Å². The lowest BCUT2D eigenvalue weighted by Gasteiger charge is -2.21. The van der Waals surface area contributed by atoms with Gasteiger partial charge in [-0.3, -0.25) is 4.79 Å². The van der Waals surface area contributed by atoms with Gasteiger partial charge in [-0.05, 0) is 42.2 Å². The van der Waals surface area contributed by atoms with Crippen molar-refractivity contribution in [2.24, 2.45) is 0 Å². The molecule has 2 heterocycles. The first-order chi connectivity index (χ1) is 15.9. The summed E-state index contributed by atoms with van der Waals surface area (Å²) in [5.41, 5.74) is 2.35. The van der Waals surface area contributed by atoms with E-state index in [2.05, 4.69) is 10.3 Å². The summed E-state index contributed by atoms with van der Waals surface area (Å²) >= 11 is 6.24. The van der Waals surface area contributed by atoms with Crippen LogP contribution in [0, 0.1) is 0 Å². The van der Waals surface area contributed by atoms with Crippen LogP contribution in [0.2, 0.25) is 5.02 Å². The number of halogens is 1. The normalized spacial score (nSPS) is 15.2. The molecule has 3 aromatic rings. The van der Waals surface area contributed by atoms with Gasteiger partial charge in [0.25, 0.3) is 5.91 Å². The molecule has 1 aliphatic rings. The molecule has 1 N–H and O–H groups in total. The zero-order chi connectivity index (χ0) is 23.3. The summed E-state index contributed by atoms with van der Waals surface area (Å²) in [6.45, 7) is 2.02. The Morgan fingerprint density at radius 3 is 2.36 bits per heavy atom. The highest BCUT2D eigenvalue weighted by Crippen LogP contribution is 2.27. The lowest BCUT2D eigenvalue weighted by Crippen LogP contribution is -2.32. The number of hydrogen-bond donors (Lipinski definition) is 1. The number of carbonyl (C=O) groups excluding carboxylic acids is 1. The average Bonchev–Trinajstić information content (AvgIpc) is 3.16. The van der Waals surface area contributed by atoms with Crippen molar-refractivity contribution in [1.29, 1.82) is 0 Å². The number of benzene rings is 2. The van der Waals surface area contributed by atoms with E-state index in [1.807, 2.05) is 35.0 Å². The molecule has 0 aliphatic carbocycles. The van der Waals surface area contributed by atoms with Gasteiger partial charge in [0.05, 0.1) is 11.3 Å². The standard InChI is InChI=1S/C24H27ClN4O3S/c25-22-10-9-21(15-23(22)33(31,32)29-12-3-1-2-4-13-29)24(30)27-16-19-5-7-20(8-6-19)17-28-14-11-26-18-28/h5-11,14-15,18H,1-4,12-13,16-17H2,(H,27,30). The van der Waals surface area contributed by atoms with Crippen molar-refractivity contribution in [2.75, 3.05) is 13.1 Å². The van der Waals surface area contributed by atoms with Gasteiger partial charge in [-0.25, -0.2) is 13.4 Å². The van der Waals surface area contributed by atoms with Crippen LogP contribution in [-0.4, -0.2) is 41.3 Å². The Bertz CT molecular complexity index is 1190. The highest BCUT2D eigenvalue weighted by Gasteiger charge is 2.28. The molecule has 4 rings (SSSR count). The molecule has 2 aromatic carbocycles. The number of hydrogen-bond acceptors (Lipinski definition) is 4. The molecule has 1 aliphatic heterocycles. The van der Waals surface area contributed by atoms with Crippen molar-refractivity contribution < 1.29 is 13.2 Å². The van der Waals surface area contributed by atoms with Gasteiger partial charge in [-0.1, -0.05) is 48.7 Å². The Morgan fingerprint density at radius 1 is 1.00 bits per heavy atom. The summed E-state index contributed by atoms with van der Waals surface area (Å²) in [7, 11) is -3.75. The van der Waals surface area contributed by atoms with E-state index in [-0.39, 0.29) is 21.4 Å². The lowest BCUT2D eigenvalue weighted by molar-refractivity contribution is 0.0950. The second kappa shape index (κ2) is 10.5. The SMILES string of the molecule is O=C(NCc1ccc(Cn2ccnc2)cc1)c1ccc(Cl)c(S(=O)(=O)N2CCCCCC2)c1. The van der Waals surface area contributed by atoms with Crippen LogP contribution >= 0.6 is 11.6 Å². The zero-order valence-corrected chi connectivity index (χ0v) is 19.9. The van der Waals surface area contributed by atoms with E-state index in [0.29, 0.717) is 19.6 Å². The number of amides is 1. The Morgan fingerprint density at radius 2 is 1.70 bits per heavy atom. The van der Waals surface area contributed by atoms with E-state index >= 15 is 0 Å². The van der Waals surface area contributed by atoms with E-state index in [4.69, 9.17) is 11.6 Å². The number of nitrogens with zero attached hydrogens (tertiary/aromatic N) is 3. The molecule has 0 bridgehead atoms. The maximum atomic E-state index is 13.2. The molecule has 0 saturated carbocycles. The number of rotatable bonds is 7. The molecule has 0 atom stereocenters. The van der Waals surface area contributed by atoms with E-state index in [0.717, 1.165) is 43.4 Å². The molecule has 9 heteroatoms. The van der Waals surface area contributed by atoms with Gasteiger partial charge < -0.3 is 9.88 Å². The fourth-order valence-electron chi connectivity index (χ4n) is 3.90. The quantitative estimate of drug-likeness (QED) is 0.545. The van der Waals surface area contributed by atoms with Crippen LogP contribution in [0.4, 0.5) is 0 Å². The van der Waals surface area contributed by atoms with Crippen molar-refractivity contribution >= 4 is 27.5 Å². The topological polar surface area (TPSA) is 84.3 Å². The summed E-state index contributed by atoms with van der Waals surface area (Å²) in [6.07, 6.45) is 9.12. The molecule has 0 unspecified atom stereocenters. The largest absolute Gasteiger partial charge is 0.348 e. The van der Waals surface area contributed by atoms with Crippen molar-refractivity contribution in [3.05, 3.63) is 82.9 Å². The fraction of sp³-hybridized carbons (Fsp3) is 0.333. The summed E-state index contributed by atoms with van der Waals surface area (Å²) in [4.78, 5) is 16.8. The highest BCUT2D eigenvalue weighted by molar-refractivity contribution is 7.89. The van der Waals surface area contributed by atoms with Crippen molar-refractivity contribution in [2.45, 2.75) is 43.7 Å². The third-order valence-electron chi connectivity index (χ3n) is 5.78. The lowest BCUT2D eigenvalue weighted by atomic mass is 10.1. The minimum atomic E-state index is -3.75. The van der Waals surface area contributed by atoms with E-state index < -0.39 is 10.0 Å². The van der Waals surface area contributed by atoms with Crippen LogP contribution in [0.25, 0.3) is 0 Å². The monoisotopic (exact) mass is 486 g/mol. The summed E-state index contributed by atoms with van der Waals surface area (Å²) in [5, 5.41) is 2.99. The molecule has 1 fully saturated rings. The van der Waals surface area contributed by atoms with Gasteiger partial charge in [0.15, 0.2) is 0 Å². The van der Waals surface area contributed by atoms with E-state index in [1.54, 1.807) is 18.6 Å². The van der Waals surface area contributed by atoms with Crippen molar-refractivity contribution in [1.82, 2.24) is 19.2 Å². The number of nitrogens with one attached hydrogen (secondary N) is 1. The third kappa shape index (κ3) is 5.82. The summed E-state index contributed by atoms with van der Waals surface area (Å²) in [5.74, 6) is -0.346. The van der Waals surface area contributed by atoms with Crippen LogP contribution in [0.3, 0.4) is 0 Å². The Labute approximate surface area is 199 Å². The van der Waals surface area contributed by atoms with Gasteiger partial charge in [0, 0.05) is 44.1 Å². The smallest absolute Gasteiger partial charge is 0.251 e. The Kier molecular flexibility index (Phi) is 7.47. The second-order valence-corrected chi connectivity index (χ2v) is 10.5. The van der Waals surface area contributed by atoms with Gasteiger partial charge in [-0.2, -0.15) is 4.31 Å². The first kappa shape index (κ1) is 23.5. The van der Waals surface area contributed by atoms with Crippen LogP contribution in [0.1, 0.15) is 47.2 Å². The molecule has 1 saturated heterocycles. The van der Waals surface area contributed by atoms with Crippen LogP contribution < -0.4 is 5.32 Å². The molecule has 7 nitrogen and oxygen atoms in total. The molecular formula is C24H27ClN4O3S. The van der Waals surface area contributed by atoms with Crippen LogP contribution in [0.5, 0.6) is 0 Å². The Balaban J connectivity index is 1.42. The minimum Gasteiger partial charge on any atom is -0.348 e. The van der Waals surface area contributed by atoms with Crippen molar-refractivity contribution in [3.63, 3.8) is 0 Å². The third-order valence-corrected chi connectivity index (χ3v) is 8.16.